The van der Waals surface area contributed by atoms with Gasteiger partial charge in [-0.25, -0.2) is 39.2 Å². The molecule has 0 fully saturated rings. The zero-order valence-electron chi connectivity index (χ0n) is 38.7. The largest absolute Gasteiger partial charge is 0.496 e. The first kappa shape index (κ1) is 59.9. The van der Waals surface area contributed by atoms with E-state index >= 15 is 0 Å². The van der Waals surface area contributed by atoms with E-state index in [1.807, 2.05) is 0 Å². The van der Waals surface area contributed by atoms with Gasteiger partial charge in [0.25, 0.3) is 20.0 Å². The Hall–Kier alpha value is -5.67. The SMILES string of the molecule is COCN(c1cc(C)cnc1Br)S(=O)(=O)c1ccc(Cl)c(C(F)(F)F)c1.COCN(c1cc(C)cnc1C(O)c1c(F)cccc1OC)S(=O)(=O)c1ccc(Cl)c(C(F)(F)F)c1.COc1cccc(F)c1C=O. The topological polar surface area (TPSA) is 175 Å². The Morgan fingerprint density at radius 3 is 1.55 bits per heavy atom. The van der Waals surface area contributed by atoms with Crippen molar-refractivity contribution in [3.63, 3.8) is 0 Å². The van der Waals surface area contributed by atoms with Gasteiger partial charge in [-0.3, -0.25) is 9.78 Å². The van der Waals surface area contributed by atoms with Gasteiger partial charge in [-0.1, -0.05) is 35.3 Å². The number of carbonyl (C=O) groups is 1. The van der Waals surface area contributed by atoms with Gasteiger partial charge in [0.05, 0.1) is 73.4 Å². The average Bonchev–Trinajstić information content (AvgIpc) is 3.32. The smallest absolute Gasteiger partial charge is 0.417 e. The molecule has 1 N–H and O–H groups in total. The highest BCUT2D eigenvalue weighted by molar-refractivity contribution is 9.10. The lowest BCUT2D eigenvalue weighted by Crippen LogP contribution is -2.34. The Kier molecular flexibility index (Phi) is 20.5. The number of aldehydes is 1. The molecule has 6 rings (SSSR count). The zero-order chi connectivity index (χ0) is 54.8. The molecular formula is C46H41BrCl2F8N4O10S2. The number of aliphatic hydroxyl groups is 1. The number of ether oxygens (including phenoxy) is 4. The minimum atomic E-state index is -4.91. The van der Waals surface area contributed by atoms with Crippen LogP contribution in [0.2, 0.25) is 10.0 Å². The predicted octanol–water partition coefficient (Wildman–Crippen LogP) is 11.4. The number of sulfonamides is 2. The molecule has 73 heavy (non-hydrogen) atoms. The average molecular weight is 1180 g/mol. The molecule has 0 saturated heterocycles. The molecule has 0 saturated carbocycles. The molecule has 0 radical (unpaired) electrons. The van der Waals surface area contributed by atoms with E-state index in [-0.39, 0.29) is 44.3 Å². The summed E-state index contributed by atoms with van der Waals surface area (Å²) < 4.78 is 181. The number of aryl methyl sites for hydroxylation is 2. The van der Waals surface area contributed by atoms with Gasteiger partial charge in [0.2, 0.25) is 0 Å². The van der Waals surface area contributed by atoms with Crippen LogP contribution in [0.25, 0.3) is 0 Å². The van der Waals surface area contributed by atoms with Crippen LogP contribution in [0.5, 0.6) is 11.5 Å². The van der Waals surface area contributed by atoms with Crippen LogP contribution in [0.3, 0.4) is 0 Å². The highest BCUT2D eigenvalue weighted by Crippen LogP contribution is 2.41. The molecule has 0 bridgehead atoms. The standard InChI is InChI=1S/C23H21ClF4N2O5S.C15H13BrClF3N2O3S.C8H7FO2/c1-13-9-18(21(29-11-13)22(31)20-17(25)5-4-6-19(20)35-3)30(12-34-2)36(32,33)14-7-8-16(24)15(10-14)23(26,27)28;1-9-5-13(14(16)21-7-9)22(8-25-2)26(23,24)10-3-4-12(17)11(6-10)15(18,19)20;1-11-8-4-2-3-7(9)6(8)5-10/h4-11,22,31H,12H2,1-3H3;3-7H,8H2,1-2H3;2-5H,1H3. The van der Waals surface area contributed by atoms with Crippen molar-refractivity contribution >= 4 is 76.8 Å². The summed E-state index contributed by atoms with van der Waals surface area (Å²) in [6.45, 7) is 2.20. The Bertz CT molecular complexity index is 3160. The molecule has 1 unspecified atom stereocenters. The molecule has 4 aromatic carbocycles. The van der Waals surface area contributed by atoms with E-state index in [4.69, 9.17) is 42.1 Å². The van der Waals surface area contributed by atoms with E-state index in [0.717, 1.165) is 34.6 Å². The number of rotatable bonds is 15. The second kappa shape index (κ2) is 25.0. The summed E-state index contributed by atoms with van der Waals surface area (Å²) in [5.74, 6) is -1.16. The van der Waals surface area contributed by atoms with Crippen molar-refractivity contribution in [2.24, 2.45) is 0 Å². The summed E-state index contributed by atoms with van der Waals surface area (Å²) in [7, 11) is -4.01. The first-order valence-corrected chi connectivity index (χ1v) is 24.7. The number of aliphatic hydroxyl groups excluding tert-OH is 1. The summed E-state index contributed by atoms with van der Waals surface area (Å²) in [5.41, 5.74) is -2.21. The normalized spacial score (nSPS) is 12.1. The molecule has 394 valence electrons. The molecular weight excluding hydrogens is 1140 g/mol. The summed E-state index contributed by atoms with van der Waals surface area (Å²) >= 11 is 14.4. The summed E-state index contributed by atoms with van der Waals surface area (Å²) in [6, 6.07) is 15.4. The molecule has 0 aliphatic heterocycles. The highest BCUT2D eigenvalue weighted by Gasteiger charge is 2.38. The van der Waals surface area contributed by atoms with Gasteiger partial charge in [-0.05, 0) is 114 Å². The number of carbonyl (C=O) groups excluding carboxylic acids is 1. The molecule has 2 heterocycles. The van der Waals surface area contributed by atoms with Crippen molar-refractivity contribution < 1.29 is 80.8 Å². The first-order valence-electron chi connectivity index (χ1n) is 20.2. The predicted molar refractivity (Wildman–Crippen MR) is 257 cm³/mol. The highest BCUT2D eigenvalue weighted by atomic mass is 79.9. The molecule has 14 nitrogen and oxygen atoms in total. The van der Waals surface area contributed by atoms with Crippen molar-refractivity contribution in [1.82, 2.24) is 9.97 Å². The van der Waals surface area contributed by atoms with E-state index in [0.29, 0.717) is 33.9 Å². The first-order chi connectivity index (χ1) is 34.1. The molecule has 27 heteroatoms. The monoisotopic (exact) mass is 1170 g/mol. The van der Waals surface area contributed by atoms with Crippen molar-refractivity contribution in [2.75, 3.05) is 50.5 Å². The van der Waals surface area contributed by atoms with Gasteiger partial charge in [0, 0.05) is 26.6 Å². The minimum absolute atomic E-state index is 0.0236. The zero-order valence-corrected chi connectivity index (χ0v) is 43.4. The number of benzene rings is 4. The van der Waals surface area contributed by atoms with Crippen LogP contribution < -0.4 is 18.1 Å². The van der Waals surface area contributed by atoms with Gasteiger partial charge >= 0.3 is 12.4 Å². The fourth-order valence-corrected chi connectivity index (χ4v) is 10.2. The number of halogens is 11. The third-order valence-electron chi connectivity index (χ3n) is 9.80. The van der Waals surface area contributed by atoms with Gasteiger partial charge in [-0.2, -0.15) is 26.3 Å². The third kappa shape index (κ3) is 14.3. The van der Waals surface area contributed by atoms with Crippen molar-refractivity contribution in [3.05, 3.63) is 163 Å². The van der Waals surface area contributed by atoms with Crippen molar-refractivity contribution in [2.45, 2.75) is 42.1 Å². The maximum atomic E-state index is 14.7. The van der Waals surface area contributed by atoms with Crippen molar-refractivity contribution in [1.29, 1.82) is 0 Å². The number of anilines is 2. The van der Waals surface area contributed by atoms with E-state index in [1.165, 1.54) is 83.3 Å². The molecule has 0 aliphatic rings. The van der Waals surface area contributed by atoms with Crippen LogP contribution in [0.1, 0.15) is 50.0 Å². The lowest BCUT2D eigenvalue weighted by molar-refractivity contribution is -0.138. The molecule has 0 amide bonds. The maximum absolute atomic E-state index is 14.7. The number of nitrogens with zero attached hydrogens (tertiary/aromatic N) is 4. The maximum Gasteiger partial charge on any atom is 0.417 e. The molecule has 6 aromatic rings. The van der Waals surface area contributed by atoms with E-state index < -0.39 is 94.6 Å². The lowest BCUT2D eigenvalue weighted by Gasteiger charge is -2.27. The number of pyridine rings is 2. The summed E-state index contributed by atoms with van der Waals surface area (Å²) in [4.78, 5) is 17.1. The number of hydrogen-bond donors (Lipinski definition) is 1. The molecule has 1 atom stereocenters. The van der Waals surface area contributed by atoms with Gasteiger partial charge < -0.3 is 24.1 Å². The Balaban J connectivity index is 0.000000270. The van der Waals surface area contributed by atoms with Gasteiger partial charge in [0.15, 0.2) is 6.29 Å². The number of aromatic nitrogens is 2. The fraction of sp³-hybridized carbons (Fsp3) is 0.239. The van der Waals surface area contributed by atoms with Crippen LogP contribution in [0, 0.1) is 25.5 Å². The Labute approximate surface area is 432 Å². The van der Waals surface area contributed by atoms with Crippen molar-refractivity contribution in [3.8, 4) is 11.5 Å². The van der Waals surface area contributed by atoms with Crippen LogP contribution in [0.4, 0.5) is 46.5 Å². The lowest BCUT2D eigenvalue weighted by atomic mass is 10.0. The van der Waals surface area contributed by atoms with Crippen LogP contribution in [0.15, 0.2) is 112 Å². The minimum Gasteiger partial charge on any atom is -0.496 e. The molecule has 0 spiro atoms. The van der Waals surface area contributed by atoms with E-state index in [9.17, 15) is 61.9 Å². The second-order valence-corrected chi connectivity index (χ2v) is 20.1. The quantitative estimate of drug-likeness (QED) is 0.0447. The van der Waals surface area contributed by atoms with Crippen LogP contribution in [-0.2, 0) is 41.9 Å². The Morgan fingerprint density at radius 2 is 1.11 bits per heavy atom. The number of methoxy groups -OCH3 is 4. The van der Waals surface area contributed by atoms with E-state index in [2.05, 4.69) is 25.9 Å². The summed E-state index contributed by atoms with van der Waals surface area (Å²) in [5, 5.41) is 9.82. The van der Waals surface area contributed by atoms with Gasteiger partial charge in [-0.15, -0.1) is 0 Å². The Morgan fingerprint density at radius 1 is 0.671 bits per heavy atom. The van der Waals surface area contributed by atoms with Crippen LogP contribution in [-0.4, -0.2) is 80.1 Å². The van der Waals surface area contributed by atoms with E-state index in [1.54, 1.807) is 13.8 Å². The molecule has 0 aliphatic carbocycles. The third-order valence-corrected chi connectivity index (χ3v) is 14.5. The number of alkyl halides is 6. The van der Waals surface area contributed by atoms with Crippen LogP contribution >= 0.6 is 39.1 Å². The second-order valence-electron chi connectivity index (χ2n) is 14.8. The fourth-order valence-electron chi connectivity index (χ4n) is 6.38. The summed E-state index contributed by atoms with van der Waals surface area (Å²) in [6.07, 6.45) is -8.24. The molecule has 2 aromatic heterocycles. The van der Waals surface area contributed by atoms with Gasteiger partial charge in [0.1, 0.15) is 47.3 Å². The number of hydrogen-bond acceptors (Lipinski definition) is 12.